The quantitative estimate of drug-likeness (QED) is 0.747. The Morgan fingerprint density at radius 2 is 1.73 bits per heavy atom. The largest absolute Gasteiger partial charge is 0.481 e. The van der Waals surface area contributed by atoms with Crippen LogP contribution in [0, 0.1) is 6.92 Å². The Hall–Kier alpha value is -1.42. The number of hydrogen-bond acceptors (Lipinski definition) is 2. The van der Waals surface area contributed by atoms with Gasteiger partial charge in [-0.05, 0) is 37.6 Å². The van der Waals surface area contributed by atoms with E-state index < -0.39 is 6.10 Å². The zero-order valence-corrected chi connectivity index (χ0v) is 14.3. The number of para-hydroxylation sites is 1. The summed E-state index contributed by atoms with van der Waals surface area (Å²) >= 11 is 17.8. The molecule has 2 aromatic carbocycles. The van der Waals surface area contributed by atoms with Crippen LogP contribution in [0.5, 0.6) is 5.75 Å². The summed E-state index contributed by atoms with van der Waals surface area (Å²) in [5.74, 6) is 0.328. The fraction of sp³-hybridized carbons (Fsp3) is 0.188. The van der Waals surface area contributed by atoms with Gasteiger partial charge in [0.15, 0.2) is 6.10 Å². The lowest BCUT2D eigenvalue weighted by Gasteiger charge is -2.17. The summed E-state index contributed by atoms with van der Waals surface area (Å²) in [5.41, 5.74) is 1.34. The van der Waals surface area contributed by atoms with Gasteiger partial charge in [-0.2, -0.15) is 0 Å². The fourth-order valence-electron chi connectivity index (χ4n) is 1.79. The molecule has 0 heterocycles. The molecule has 0 saturated carbocycles. The van der Waals surface area contributed by atoms with Crippen LogP contribution in [0.4, 0.5) is 5.69 Å². The van der Waals surface area contributed by atoms with Crippen molar-refractivity contribution < 1.29 is 9.53 Å². The SMILES string of the molecule is Cc1ccccc1O[C@H](C)C(=O)Nc1cc(Cl)c(Cl)cc1Cl. The van der Waals surface area contributed by atoms with E-state index in [1.54, 1.807) is 6.92 Å². The molecular weight excluding hydrogens is 345 g/mol. The predicted molar refractivity (Wildman–Crippen MR) is 91.4 cm³/mol. The van der Waals surface area contributed by atoms with Crippen molar-refractivity contribution in [3.05, 3.63) is 57.0 Å². The molecular formula is C16H14Cl3NO2. The van der Waals surface area contributed by atoms with E-state index in [1.165, 1.54) is 12.1 Å². The summed E-state index contributed by atoms with van der Waals surface area (Å²) < 4.78 is 5.66. The van der Waals surface area contributed by atoms with Gasteiger partial charge in [0.2, 0.25) is 0 Å². The van der Waals surface area contributed by atoms with Crippen LogP contribution in [-0.2, 0) is 4.79 Å². The van der Waals surface area contributed by atoms with Crippen molar-refractivity contribution in [2.45, 2.75) is 20.0 Å². The van der Waals surface area contributed by atoms with E-state index in [2.05, 4.69) is 5.32 Å². The second-order valence-corrected chi connectivity index (χ2v) is 5.98. The molecule has 0 unspecified atom stereocenters. The van der Waals surface area contributed by atoms with Gasteiger partial charge in [-0.15, -0.1) is 0 Å². The van der Waals surface area contributed by atoms with E-state index in [1.807, 2.05) is 31.2 Å². The molecule has 0 radical (unpaired) electrons. The first kappa shape index (κ1) is 16.9. The highest BCUT2D eigenvalue weighted by Gasteiger charge is 2.17. The summed E-state index contributed by atoms with van der Waals surface area (Å²) in [7, 11) is 0. The summed E-state index contributed by atoms with van der Waals surface area (Å²) in [6.45, 7) is 3.57. The van der Waals surface area contributed by atoms with Gasteiger partial charge >= 0.3 is 0 Å². The van der Waals surface area contributed by atoms with E-state index >= 15 is 0 Å². The average molecular weight is 359 g/mol. The smallest absolute Gasteiger partial charge is 0.265 e. The zero-order valence-electron chi connectivity index (χ0n) is 12.0. The van der Waals surface area contributed by atoms with Crippen LogP contribution >= 0.6 is 34.8 Å². The monoisotopic (exact) mass is 357 g/mol. The summed E-state index contributed by atoms with van der Waals surface area (Å²) in [6.07, 6.45) is -0.688. The molecule has 1 amide bonds. The molecule has 0 spiro atoms. The highest BCUT2D eigenvalue weighted by atomic mass is 35.5. The van der Waals surface area contributed by atoms with E-state index in [0.29, 0.717) is 26.5 Å². The molecule has 0 bridgehead atoms. The van der Waals surface area contributed by atoms with Gasteiger partial charge in [0.25, 0.3) is 5.91 Å². The number of nitrogens with one attached hydrogen (secondary N) is 1. The first-order valence-electron chi connectivity index (χ1n) is 6.56. The molecule has 2 aromatic rings. The Morgan fingerprint density at radius 3 is 2.41 bits per heavy atom. The number of carbonyl (C=O) groups excluding carboxylic acids is 1. The molecule has 6 heteroatoms. The lowest BCUT2D eigenvalue weighted by Crippen LogP contribution is -2.30. The Balaban J connectivity index is 2.09. The highest BCUT2D eigenvalue weighted by molar-refractivity contribution is 6.44. The third-order valence-electron chi connectivity index (χ3n) is 3.03. The van der Waals surface area contributed by atoms with Crippen molar-refractivity contribution in [3.63, 3.8) is 0 Å². The van der Waals surface area contributed by atoms with Crippen LogP contribution in [0.15, 0.2) is 36.4 Å². The van der Waals surface area contributed by atoms with E-state index in [4.69, 9.17) is 39.5 Å². The van der Waals surface area contributed by atoms with Crippen molar-refractivity contribution in [2.75, 3.05) is 5.32 Å². The third kappa shape index (κ3) is 4.07. The normalized spacial score (nSPS) is 11.9. The molecule has 0 fully saturated rings. The molecule has 22 heavy (non-hydrogen) atoms. The number of anilines is 1. The maximum atomic E-state index is 12.2. The standard InChI is InChI=1S/C16H14Cl3NO2/c1-9-5-3-4-6-15(9)22-10(2)16(21)20-14-8-12(18)11(17)7-13(14)19/h3-8,10H,1-2H3,(H,20,21)/t10-/m1/s1. The number of carbonyl (C=O) groups is 1. The van der Waals surface area contributed by atoms with Crippen LogP contribution in [-0.4, -0.2) is 12.0 Å². The molecule has 0 aliphatic heterocycles. The molecule has 0 aliphatic rings. The van der Waals surface area contributed by atoms with Crippen LogP contribution in [0.3, 0.4) is 0 Å². The third-order valence-corrected chi connectivity index (χ3v) is 4.07. The highest BCUT2D eigenvalue weighted by Crippen LogP contribution is 2.32. The molecule has 0 saturated heterocycles. The van der Waals surface area contributed by atoms with E-state index in [0.717, 1.165) is 5.56 Å². The summed E-state index contributed by atoms with van der Waals surface area (Å²) in [4.78, 5) is 12.2. The molecule has 116 valence electrons. The Labute approximate surface area is 144 Å². The van der Waals surface area contributed by atoms with Crippen molar-refractivity contribution in [1.29, 1.82) is 0 Å². The minimum Gasteiger partial charge on any atom is -0.481 e. The molecule has 3 nitrogen and oxygen atoms in total. The summed E-state index contributed by atoms with van der Waals surface area (Å²) in [5, 5.41) is 3.63. The number of aryl methyl sites for hydroxylation is 1. The Morgan fingerprint density at radius 1 is 1.09 bits per heavy atom. The van der Waals surface area contributed by atoms with Gasteiger partial charge in [0.1, 0.15) is 5.75 Å². The molecule has 1 atom stereocenters. The van der Waals surface area contributed by atoms with Gasteiger partial charge in [-0.3, -0.25) is 4.79 Å². The van der Waals surface area contributed by atoms with Crippen molar-refractivity contribution in [2.24, 2.45) is 0 Å². The van der Waals surface area contributed by atoms with Crippen LogP contribution in [0.1, 0.15) is 12.5 Å². The van der Waals surface area contributed by atoms with Crippen LogP contribution < -0.4 is 10.1 Å². The molecule has 2 rings (SSSR count). The van der Waals surface area contributed by atoms with Gasteiger partial charge in [0.05, 0.1) is 20.8 Å². The number of hydrogen-bond donors (Lipinski definition) is 1. The van der Waals surface area contributed by atoms with Gasteiger partial charge in [0, 0.05) is 0 Å². The minimum absolute atomic E-state index is 0.311. The van der Waals surface area contributed by atoms with Crippen LogP contribution in [0.2, 0.25) is 15.1 Å². The number of rotatable bonds is 4. The number of halogens is 3. The second-order valence-electron chi connectivity index (χ2n) is 4.76. The molecule has 1 N–H and O–H groups in total. The van der Waals surface area contributed by atoms with Gasteiger partial charge < -0.3 is 10.1 Å². The lowest BCUT2D eigenvalue weighted by atomic mass is 10.2. The van der Waals surface area contributed by atoms with Crippen molar-refractivity contribution in [1.82, 2.24) is 0 Å². The average Bonchev–Trinajstić information content (AvgIpc) is 2.47. The Bertz CT molecular complexity index is 704. The lowest BCUT2D eigenvalue weighted by molar-refractivity contribution is -0.122. The first-order valence-corrected chi connectivity index (χ1v) is 7.69. The van der Waals surface area contributed by atoms with E-state index in [9.17, 15) is 4.79 Å². The first-order chi connectivity index (χ1) is 10.4. The maximum absolute atomic E-state index is 12.2. The molecule has 0 aliphatic carbocycles. The molecule has 0 aromatic heterocycles. The minimum atomic E-state index is -0.688. The zero-order chi connectivity index (χ0) is 16.3. The number of benzene rings is 2. The number of ether oxygens (including phenoxy) is 1. The summed E-state index contributed by atoms with van der Waals surface area (Å²) in [6, 6.07) is 10.5. The second kappa shape index (κ2) is 7.23. The maximum Gasteiger partial charge on any atom is 0.265 e. The van der Waals surface area contributed by atoms with Crippen LogP contribution in [0.25, 0.3) is 0 Å². The van der Waals surface area contributed by atoms with Crippen molar-refractivity contribution >= 4 is 46.4 Å². The van der Waals surface area contributed by atoms with Crippen molar-refractivity contribution in [3.8, 4) is 5.75 Å². The Kier molecular flexibility index (Phi) is 5.57. The predicted octanol–water partition coefficient (Wildman–Crippen LogP) is 5.36. The van der Waals surface area contributed by atoms with E-state index in [-0.39, 0.29) is 5.91 Å². The van der Waals surface area contributed by atoms with Gasteiger partial charge in [-0.1, -0.05) is 53.0 Å². The topological polar surface area (TPSA) is 38.3 Å². The van der Waals surface area contributed by atoms with Gasteiger partial charge in [-0.25, -0.2) is 0 Å². The fourth-order valence-corrected chi connectivity index (χ4v) is 2.38. The number of amides is 1.